The van der Waals surface area contributed by atoms with Gasteiger partial charge in [-0.25, -0.2) is 0 Å². The van der Waals surface area contributed by atoms with Gasteiger partial charge in [-0.1, -0.05) is 53.7 Å². The first-order valence-electron chi connectivity index (χ1n) is 16.8. The van der Waals surface area contributed by atoms with Crippen molar-refractivity contribution in [1.29, 1.82) is 0 Å². The van der Waals surface area contributed by atoms with E-state index in [1.807, 2.05) is 72.7 Å². The third kappa shape index (κ3) is 21.2. The first-order valence-corrected chi connectivity index (χ1v) is 17.3. The van der Waals surface area contributed by atoms with Gasteiger partial charge in [0.25, 0.3) is 0 Å². The molecule has 1 atom stereocenters. The van der Waals surface area contributed by atoms with E-state index in [9.17, 15) is 19.2 Å². The van der Waals surface area contributed by atoms with E-state index in [4.69, 9.17) is 29.8 Å². The number of anilines is 1. The number of nitrogens with two attached hydrogens (primary N) is 3. The number of nitrogens with one attached hydrogen (secondary N) is 2. The van der Waals surface area contributed by atoms with E-state index >= 15 is 0 Å². The molecule has 266 valence electrons. The highest BCUT2D eigenvalue weighted by Crippen LogP contribution is 2.26. The van der Waals surface area contributed by atoms with Crippen molar-refractivity contribution in [2.75, 3.05) is 44.2 Å². The number of nitrogens with zero attached hydrogens (tertiary/aromatic N) is 2. The minimum absolute atomic E-state index is 0.0730. The molecule has 0 fully saturated rings. The molecule has 1 rings (SSSR count). The van der Waals surface area contributed by atoms with Crippen LogP contribution in [0, 0.1) is 0 Å². The number of hydrogen-bond acceptors (Lipinski definition) is 8. The number of carbonyl (C=O) groups is 4. The Morgan fingerprint density at radius 1 is 0.761 bits per heavy atom. The molecular formula is C34H65N7O4S. The third-order valence-electron chi connectivity index (χ3n) is 7.00. The fraction of sp³-hybridized carbons (Fsp3) is 0.706. The van der Waals surface area contributed by atoms with Gasteiger partial charge >= 0.3 is 0 Å². The van der Waals surface area contributed by atoms with E-state index in [1.54, 1.807) is 9.80 Å². The van der Waals surface area contributed by atoms with E-state index in [2.05, 4.69) is 17.6 Å². The van der Waals surface area contributed by atoms with E-state index in [0.717, 1.165) is 12.0 Å². The number of carbonyl (C=O) groups excluding carboxylic acids is 4. The minimum Gasteiger partial charge on any atom is -0.355 e. The van der Waals surface area contributed by atoms with E-state index in [0.29, 0.717) is 64.3 Å². The van der Waals surface area contributed by atoms with Gasteiger partial charge in [0.15, 0.2) is 0 Å². The number of thiol groups is 1. The largest absolute Gasteiger partial charge is 0.355 e. The second kappa shape index (κ2) is 25.4. The van der Waals surface area contributed by atoms with Gasteiger partial charge in [-0.2, -0.15) is 12.6 Å². The first-order chi connectivity index (χ1) is 21.7. The molecule has 1 aromatic rings. The van der Waals surface area contributed by atoms with Gasteiger partial charge in [0.1, 0.15) is 0 Å². The van der Waals surface area contributed by atoms with Crippen molar-refractivity contribution in [3.8, 4) is 0 Å². The van der Waals surface area contributed by atoms with E-state index in [-0.39, 0.29) is 54.1 Å². The summed E-state index contributed by atoms with van der Waals surface area (Å²) in [6, 6.07) is 7.51. The van der Waals surface area contributed by atoms with Gasteiger partial charge in [0.2, 0.25) is 23.6 Å². The molecule has 0 aliphatic rings. The van der Waals surface area contributed by atoms with Crippen molar-refractivity contribution >= 4 is 41.9 Å². The molecule has 11 nitrogen and oxygen atoms in total. The second-order valence-corrected chi connectivity index (χ2v) is 12.7. The molecule has 0 aliphatic heterocycles. The lowest BCUT2D eigenvalue weighted by Crippen LogP contribution is -2.40. The van der Waals surface area contributed by atoms with Gasteiger partial charge in [0.05, 0.1) is 0 Å². The van der Waals surface area contributed by atoms with Crippen LogP contribution in [0.25, 0.3) is 0 Å². The van der Waals surface area contributed by atoms with Crippen LogP contribution in [0.15, 0.2) is 24.3 Å². The van der Waals surface area contributed by atoms with Gasteiger partial charge < -0.3 is 37.6 Å². The Kier molecular flexibility index (Phi) is 25.1. The van der Waals surface area contributed by atoms with Gasteiger partial charge in [-0.05, 0) is 50.8 Å². The summed E-state index contributed by atoms with van der Waals surface area (Å²) in [5.74, 6) is -0.706. The highest BCUT2D eigenvalue weighted by molar-refractivity contribution is 7.81. The predicted molar refractivity (Wildman–Crippen MR) is 195 cm³/mol. The Hall–Kier alpha value is -2.67. The summed E-state index contributed by atoms with van der Waals surface area (Å²) in [4.78, 5) is 53.8. The first kappa shape index (κ1) is 45.5. The Balaban J connectivity index is 0. The molecule has 12 heteroatoms. The zero-order valence-corrected chi connectivity index (χ0v) is 30.8. The van der Waals surface area contributed by atoms with Crippen molar-refractivity contribution in [2.24, 2.45) is 17.2 Å². The van der Waals surface area contributed by atoms with Crippen molar-refractivity contribution in [1.82, 2.24) is 15.5 Å². The van der Waals surface area contributed by atoms with Crippen LogP contribution in [0.1, 0.15) is 106 Å². The quantitative estimate of drug-likeness (QED) is 0.115. The van der Waals surface area contributed by atoms with Crippen molar-refractivity contribution < 1.29 is 19.2 Å². The molecule has 4 amide bonds. The maximum Gasteiger partial charge on any atom is 0.227 e. The van der Waals surface area contributed by atoms with Crippen LogP contribution in [0.2, 0.25) is 0 Å². The summed E-state index contributed by atoms with van der Waals surface area (Å²) in [5.41, 5.74) is 18.2. The Morgan fingerprint density at radius 3 is 1.67 bits per heavy atom. The topological polar surface area (TPSA) is 177 Å². The molecule has 0 aliphatic carbocycles. The van der Waals surface area contributed by atoms with Gasteiger partial charge in [-0.3, -0.25) is 19.2 Å². The highest BCUT2D eigenvalue weighted by atomic mass is 32.1. The number of rotatable bonds is 20. The van der Waals surface area contributed by atoms with Gasteiger partial charge in [-0.15, -0.1) is 0 Å². The van der Waals surface area contributed by atoms with Crippen LogP contribution < -0.4 is 32.7 Å². The zero-order valence-electron chi connectivity index (χ0n) is 29.9. The predicted octanol–water partition coefficient (Wildman–Crippen LogP) is 3.73. The Labute approximate surface area is 284 Å². The monoisotopic (exact) mass is 667 g/mol. The summed E-state index contributed by atoms with van der Waals surface area (Å²) in [5, 5.41) is 5.38. The molecule has 1 unspecified atom stereocenters. The minimum atomic E-state index is -0.455. The van der Waals surface area contributed by atoms with Crippen LogP contribution >= 0.6 is 12.6 Å². The zero-order chi connectivity index (χ0) is 35.8. The van der Waals surface area contributed by atoms with Crippen molar-refractivity contribution in [2.45, 2.75) is 117 Å². The third-order valence-corrected chi connectivity index (χ3v) is 7.54. The summed E-state index contributed by atoms with van der Waals surface area (Å²) in [7, 11) is 0. The molecule has 1 aromatic carbocycles. The molecule has 0 bridgehead atoms. The van der Waals surface area contributed by atoms with Crippen LogP contribution in [0.5, 0.6) is 0 Å². The fourth-order valence-corrected chi connectivity index (χ4v) is 4.08. The molecule has 0 saturated heterocycles. The molecule has 0 heterocycles. The summed E-state index contributed by atoms with van der Waals surface area (Å²) >= 11 is 4.73. The van der Waals surface area contributed by atoms with Crippen LogP contribution in [-0.4, -0.2) is 78.1 Å². The molecule has 0 radical (unpaired) electrons. The van der Waals surface area contributed by atoms with Crippen molar-refractivity contribution in [3.05, 3.63) is 29.8 Å². The standard InChI is InChI=1S/C30H53N7O4S.2C2H6/c1-5-30(4,42)15-21-37(28(41)13-11-26(39)35-19-17-32)24-8-6-23(7-9-24)22-36(20-14-29(2,3)33)27(40)12-10-25(38)34-18-16-31;2*1-2/h6-9,42H,5,10-22,31-33H2,1-4H3,(H,34,38)(H,35,39);2*1-2H3. The van der Waals surface area contributed by atoms with E-state index < -0.39 is 5.54 Å². The maximum atomic E-state index is 13.2. The highest BCUT2D eigenvalue weighted by Gasteiger charge is 2.23. The van der Waals surface area contributed by atoms with Gasteiger partial charge in [0, 0.05) is 87.5 Å². The van der Waals surface area contributed by atoms with Crippen LogP contribution in [0.4, 0.5) is 5.69 Å². The molecule has 8 N–H and O–H groups in total. The normalized spacial score (nSPS) is 11.9. The van der Waals surface area contributed by atoms with Crippen LogP contribution in [0.3, 0.4) is 0 Å². The Morgan fingerprint density at radius 2 is 1.24 bits per heavy atom. The number of hydrogen-bond donors (Lipinski definition) is 6. The lowest BCUT2D eigenvalue weighted by atomic mass is 10.0. The van der Waals surface area contributed by atoms with Crippen molar-refractivity contribution in [3.63, 3.8) is 0 Å². The molecule has 46 heavy (non-hydrogen) atoms. The number of amides is 4. The number of benzene rings is 1. The molecular weight excluding hydrogens is 602 g/mol. The van der Waals surface area contributed by atoms with E-state index in [1.165, 1.54) is 0 Å². The molecule has 0 saturated carbocycles. The lowest BCUT2D eigenvalue weighted by molar-refractivity contribution is -0.134. The lowest BCUT2D eigenvalue weighted by Gasteiger charge is -2.29. The SMILES string of the molecule is CC.CC.CCC(C)(S)CCN(C(=O)CCC(=O)NCCN)c1ccc(CN(CCC(C)(C)N)C(=O)CCC(=O)NCCN)cc1. The average Bonchev–Trinajstić information content (AvgIpc) is 3.04. The fourth-order valence-electron chi connectivity index (χ4n) is 3.98. The average molecular weight is 668 g/mol. The summed E-state index contributed by atoms with van der Waals surface area (Å²) in [6.07, 6.45) is 2.44. The molecule has 0 aromatic heterocycles. The Bertz CT molecular complexity index is 998. The smallest absolute Gasteiger partial charge is 0.227 e. The maximum absolute atomic E-state index is 13.2. The molecule has 0 spiro atoms. The summed E-state index contributed by atoms with van der Waals surface area (Å²) < 4.78 is -0.240. The summed E-state index contributed by atoms with van der Waals surface area (Å²) in [6.45, 7) is 18.6. The second-order valence-electron chi connectivity index (χ2n) is 11.6. The van der Waals surface area contributed by atoms with Crippen LogP contribution in [-0.2, 0) is 25.7 Å².